The Morgan fingerprint density at radius 1 is 1.05 bits per heavy atom. The van der Waals surface area contributed by atoms with Crippen LogP contribution in [0.3, 0.4) is 0 Å². The molecule has 0 heterocycles. The number of anilines is 3. The van der Waals surface area contributed by atoms with Crippen molar-refractivity contribution in [2.75, 3.05) is 36.7 Å². The first-order valence-electron chi connectivity index (χ1n) is 12.6. The zero-order valence-electron chi connectivity index (χ0n) is 22.1. The largest absolute Gasteiger partial charge is 0.491 e. The number of carbonyl (C=O) groups is 2. The smallest absolute Gasteiger partial charge is 0.412 e. The Bertz CT molecular complexity index is 1340. The molecule has 0 aliphatic heterocycles. The maximum atomic E-state index is 12.9. The highest BCUT2D eigenvalue weighted by atomic mass is 16.6. The number of hydrogen-bond acceptors (Lipinski definition) is 8. The van der Waals surface area contributed by atoms with E-state index in [9.17, 15) is 14.7 Å². The molecule has 0 saturated carbocycles. The lowest BCUT2D eigenvalue weighted by Crippen LogP contribution is -2.28. The fraction of sp³-hybridized carbons (Fsp3) is 0.233. The molecular weight excluding hydrogens is 512 g/mol. The number of nitrogen functional groups attached to an aromatic ring is 1. The highest BCUT2D eigenvalue weighted by Crippen LogP contribution is 2.33. The number of benzene rings is 3. The van der Waals surface area contributed by atoms with E-state index in [1.807, 2.05) is 6.07 Å². The molecule has 3 aromatic carbocycles. The van der Waals surface area contributed by atoms with Gasteiger partial charge in [0, 0.05) is 18.4 Å². The van der Waals surface area contributed by atoms with Crippen LogP contribution < -0.4 is 21.1 Å². The molecule has 0 aliphatic carbocycles. The molecule has 0 spiro atoms. The minimum atomic E-state index is -0.885. The molecule has 3 aromatic rings. The number of rotatable bonds is 13. The summed E-state index contributed by atoms with van der Waals surface area (Å²) < 4.78 is 17.3. The second kappa shape index (κ2) is 15.5. The van der Waals surface area contributed by atoms with Crippen molar-refractivity contribution < 1.29 is 28.9 Å². The van der Waals surface area contributed by atoms with E-state index >= 15 is 0 Å². The summed E-state index contributed by atoms with van der Waals surface area (Å²) in [6.07, 6.45) is 1.72. The Hall–Kier alpha value is -4.85. The average Bonchev–Trinajstić information content (AvgIpc) is 2.97. The fourth-order valence-corrected chi connectivity index (χ4v) is 3.86. The highest BCUT2D eigenvalue weighted by Gasteiger charge is 2.29. The van der Waals surface area contributed by atoms with Crippen molar-refractivity contribution in [3.63, 3.8) is 0 Å². The van der Waals surface area contributed by atoms with Crippen LogP contribution in [-0.4, -0.2) is 43.5 Å². The first kappa shape index (κ1) is 29.7. The van der Waals surface area contributed by atoms with Gasteiger partial charge in [0.15, 0.2) is 6.10 Å². The number of methoxy groups -OCH3 is 1. The molecule has 0 unspecified atom stereocenters. The number of para-hydroxylation sites is 3. The van der Waals surface area contributed by atoms with Crippen molar-refractivity contribution in [3.8, 4) is 11.8 Å². The molecule has 0 aromatic heterocycles. The summed E-state index contributed by atoms with van der Waals surface area (Å²) in [5, 5.41) is 23.6. The molecule has 10 heteroatoms. The molecule has 0 aliphatic rings. The summed E-state index contributed by atoms with van der Waals surface area (Å²) in [6.45, 7) is -0.128. The van der Waals surface area contributed by atoms with Crippen LogP contribution in [0.4, 0.5) is 21.9 Å². The van der Waals surface area contributed by atoms with Gasteiger partial charge in [0.1, 0.15) is 12.4 Å². The van der Waals surface area contributed by atoms with Crippen LogP contribution in [0.2, 0.25) is 0 Å². The number of hydrogen-bond donors (Lipinski definition) is 4. The average molecular weight is 545 g/mol. The van der Waals surface area contributed by atoms with Gasteiger partial charge < -0.3 is 30.4 Å². The molecule has 3 rings (SSSR count). The summed E-state index contributed by atoms with van der Waals surface area (Å²) in [7, 11) is 1.51. The van der Waals surface area contributed by atoms with Gasteiger partial charge in [0.2, 0.25) is 5.91 Å². The van der Waals surface area contributed by atoms with E-state index in [0.29, 0.717) is 46.8 Å². The van der Waals surface area contributed by atoms with Gasteiger partial charge in [0.05, 0.1) is 35.7 Å². The van der Waals surface area contributed by atoms with Crippen molar-refractivity contribution in [2.45, 2.75) is 25.0 Å². The standard InChI is InChI=1S/C30H32N4O6/c1-38-27(12-6-7-13-28(36)34-25-10-4-3-9-24(25)32)29(23-8-2-5-11-26(23)39-19-18-35)40-30(37)33-22-16-14-21(20-31)15-17-22/h2-5,7-11,13-17,27,29,35H,6,12,18-19,32H2,1H3,(H,33,37)(H,34,36)/b13-7+/t27-,29-/m0/s1. The molecule has 0 fully saturated rings. The van der Waals surface area contributed by atoms with Gasteiger partial charge in [-0.25, -0.2) is 4.79 Å². The third-order valence-electron chi connectivity index (χ3n) is 5.81. The number of carbonyl (C=O) groups excluding carboxylic acids is 2. The topological polar surface area (TPSA) is 156 Å². The van der Waals surface area contributed by atoms with Gasteiger partial charge >= 0.3 is 6.09 Å². The van der Waals surface area contributed by atoms with E-state index in [-0.39, 0.29) is 19.1 Å². The molecule has 5 N–H and O–H groups in total. The van der Waals surface area contributed by atoms with Crippen molar-refractivity contribution in [3.05, 3.63) is 96.1 Å². The number of nitrogens with one attached hydrogen (secondary N) is 2. The number of aliphatic hydroxyl groups is 1. The second-order valence-electron chi connectivity index (χ2n) is 8.58. The van der Waals surface area contributed by atoms with Crippen LogP contribution in [0.5, 0.6) is 5.75 Å². The summed E-state index contributed by atoms with van der Waals surface area (Å²) in [4.78, 5) is 25.2. The predicted octanol–water partition coefficient (Wildman–Crippen LogP) is 4.79. The Kier molecular flexibility index (Phi) is 11.5. The molecule has 10 nitrogen and oxygen atoms in total. The lowest BCUT2D eigenvalue weighted by molar-refractivity contribution is -0.111. The maximum Gasteiger partial charge on any atom is 0.412 e. The van der Waals surface area contributed by atoms with Crippen LogP contribution in [-0.2, 0) is 14.3 Å². The van der Waals surface area contributed by atoms with Crippen molar-refractivity contribution in [1.82, 2.24) is 0 Å². The van der Waals surface area contributed by atoms with Gasteiger partial charge in [0.25, 0.3) is 0 Å². The minimum absolute atomic E-state index is 0.0581. The van der Waals surface area contributed by atoms with Crippen molar-refractivity contribution >= 4 is 29.1 Å². The quantitative estimate of drug-likeness (QED) is 0.177. The third kappa shape index (κ3) is 8.87. The molecule has 40 heavy (non-hydrogen) atoms. The summed E-state index contributed by atoms with van der Waals surface area (Å²) in [5.74, 6) is 0.106. The van der Waals surface area contributed by atoms with Crippen LogP contribution in [0.15, 0.2) is 84.9 Å². The molecule has 0 saturated heterocycles. The molecule has 208 valence electrons. The van der Waals surface area contributed by atoms with E-state index in [2.05, 4.69) is 10.6 Å². The number of nitrogens with two attached hydrogens (primary N) is 1. The lowest BCUT2D eigenvalue weighted by Gasteiger charge is -2.27. The second-order valence-corrected chi connectivity index (χ2v) is 8.58. The van der Waals surface area contributed by atoms with Crippen LogP contribution in [0.1, 0.15) is 30.1 Å². The lowest BCUT2D eigenvalue weighted by atomic mass is 9.99. The van der Waals surface area contributed by atoms with Crippen molar-refractivity contribution in [1.29, 1.82) is 5.26 Å². The first-order chi connectivity index (χ1) is 19.4. The Labute approximate surface area is 233 Å². The SMILES string of the molecule is CO[C@@H](CC/C=C/C(=O)Nc1ccccc1N)[C@@H](OC(=O)Nc1ccc(C#N)cc1)c1ccccc1OCCO. The van der Waals surface area contributed by atoms with Gasteiger partial charge in [-0.05, 0) is 61.4 Å². The summed E-state index contributed by atoms with van der Waals surface area (Å²) >= 11 is 0. The van der Waals surface area contributed by atoms with Crippen molar-refractivity contribution in [2.24, 2.45) is 0 Å². The molecule has 2 atom stereocenters. The maximum absolute atomic E-state index is 12.9. The summed E-state index contributed by atoms with van der Waals surface area (Å²) in [5.41, 5.74) is 8.33. The highest BCUT2D eigenvalue weighted by molar-refractivity contribution is 6.01. The number of nitriles is 1. The number of nitrogens with zero attached hydrogens (tertiary/aromatic N) is 1. The van der Waals surface area contributed by atoms with Crippen LogP contribution in [0, 0.1) is 11.3 Å². The van der Waals surface area contributed by atoms with Gasteiger partial charge in [-0.15, -0.1) is 0 Å². The Balaban J connectivity index is 1.73. The zero-order valence-corrected chi connectivity index (χ0v) is 22.1. The van der Waals surface area contributed by atoms with E-state index in [1.54, 1.807) is 78.9 Å². The zero-order chi connectivity index (χ0) is 28.7. The van der Waals surface area contributed by atoms with Crippen LogP contribution in [0.25, 0.3) is 0 Å². The monoisotopic (exact) mass is 544 g/mol. The predicted molar refractivity (Wildman–Crippen MR) is 152 cm³/mol. The molecule has 0 bridgehead atoms. The molecule has 0 radical (unpaired) electrons. The van der Waals surface area contributed by atoms with E-state index in [4.69, 9.17) is 25.2 Å². The minimum Gasteiger partial charge on any atom is -0.491 e. The summed E-state index contributed by atoms with van der Waals surface area (Å²) in [6, 6.07) is 22.4. The third-order valence-corrected chi connectivity index (χ3v) is 5.81. The van der Waals surface area contributed by atoms with E-state index in [0.717, 1.165) is 0 Å². The normalized spacial score (nSPS) is 12.2. The fourth-order valence-electron chi connectivity index (χ4n) is 3.86. The number of ether oxygens (including phenoxy) is 3. The number of aliphatic hydroxyl groups excluding tert-OH is 1. The van der Waals surface area contributed by atoms with E-state index < -0.39 is 18.3 Å². The molecule has 2 amide bonds. The van der Waals surface area contributed by atoms with Gasteiger partial charge in [-0.3, -0.25) is 10.1 Å². The first-order valence-corrected chi connectivity index (χ1v) is 12.6. The van der Waals surface area contributed by atoms with Gasteiger partial charge in [-0.1, -0.05) is 36.4 Å². The van der Waals surface area contributed by atoms with E-state index in [1.165, 1.54) is 13.2 Å². The molecular formula is C30H32N4O6. The Morgan fingerprint density at radius 2 is 1.77 bits per heavy atom. The Morgan fingerprint density at radius 3 is 2.48 bits per heavy atom. The van der Waals surface area contributed by atoms with Gasteiger partial charge in [-0.2, -0.15) is 5.26 Å². The number of allylic oxidation sites excluding steroid dienone is 1. The number of amides is 2. The van der Waals surface area contributed by atoms with Crippen LogP contribution >= 0.6 is 0 Å².